The summed E-state index contributed by atoms with van der Waals surface area (Å²) >= 11 is 5.93. The molecule has 4 heteroatoms. The summed E-state index contributed by atoms with van der Waals surface area (Å²) in [6.45, 7) is 1.85. The van der Waals surface area contributed by atoms with E-state index in [-0.39, 0.29) is 12.3 Å². The zero-order valence-corrected chi connectivity index (χ0v) is 9.79. The second-order valence-electron chi connectivity index (χ2n) is 3.43. The summed E-state index contributed by atoms with van der Waals surface area (Å²) in [6.07, 6.45) is 0.808. The van der Waals surface area contributed by atoms with Crippen LogP contribution in [0.3, 0.4) is 0 Å². The highest BCUT2D eigenvalue weighted by Gasteiger charge is 2.10. The lowest BCUT2D eigenvalue weighted by molar-refractivity contribution is -0.120. The third kappa shape index (κ3) is 3.56. The molecule has 0 saturated heterocycles. The molecule has 0 fully saturated rings. The Hall–Kier alpha value is -1.53. The fourth-order valence-corrected chi connectivity index (χ4v) is 1.49. The number of rotatable bonds is 4. The summed E-state index contributed by atoms with van der Waals surface area (Å²) in [5.74, 6) is -0.179. The van der Waals surface area contributed by atoms with Crippen molar-refractivity contribution in [2.45, 2.75) is 25.8 Å². The Balaban J connectivity index is 2.59. The third-order valence-corrected chi connectivity index (χ3v) is 2.58. The third-order valence-electron chi connectivity index (χ3n) is 2.21. The molecule has 3 nitrogen and oxygen atoms in total. The molecule has 0 aliphatic rings. The van der Waals surface area contributed by atoms with Crippen LogP contribution in [0.1, 0.15) is 18.9 Å². The Morgan fingerprint density at radius 3 is 2.81 bits per heavy atom. The Morgan fingerprint density at radius 2 is 2.25 bits per heavy atom. The van der Waals surface area contributed by atoms with E-state index in [0.29, 0.717) is 11.4 Å². The molecule has 1 aromatic carbocycles. The number of amides is 1. The summed E-state index contributed by atoms with van der Waals surface area (Å²) in [6, 6.07) is 8.78. The van der Waals surface area contributed by atoms with Gasteiger partial charge in [-0.05, 0) is 18.1 Å². The van der Waals surface area contributed by atoms with Gasteiger partial charge in [0.25, 0.3) is 0 Å². The van der Waals surface area contributed by atoms with Crippen LogP contribution in [0.2, 0.25) is 5.02 Å². The van der Waals surface area contributed by atoms with Crippen molar-refractivity contribution in [3.05, 3.63) is 34.9 Å². The Kier molecular flexibility index (Phi) is 4.81. The van der Waals surface area contributed by atoms with Gasteiger partial charge < -0.3 is 5.32 Å². The van der Waals surface area contributed by atoms with Crippen molar-refractivity contribution in [2.24, 2.45) is 0 Å². The lowest BCUT2D eigenvalue weighted by atomic mass is 10.1. The average molecular weight is 237 g/mol. The van der Waals surface area contributed by atoms with Crippen molar-refractivity contribution in [1.29, 1.82) is 5.26 Å². The molecule has 1 amide bonds. The number of nitrogens with zero attached hydrogens (tertiary/aromatic N) is 1. The van der Waals surface area contributed by atoms with Crippen LogP contribution in [0.4, 0.5) is 0 Å². The van der Waals surface area contributed by atoms with Crippen LogP contribution in [-0.4, -0.2) is 11.9 Å². The number of carbonyl (C=O) groups excluding carboxylic acids is 1. The maximum atomic E-state index is 11.6. The first-order valence-electron chi connectivity index (χ1n) is 5.09. The van der Waals surface area contributed by atoms with Crippen molar-refractivity contribution in [1.82, 2.24) is 5.32 Å². The second-order valence-corrected chi connectivity index (χ2v) is 3.83. The van der Waals surface area contributed by atoms with Crippen molar-refractivity contribution in [2.75, 3.05) is 0 Å². The molecule has 1 unspecified atom stereocenters. The lowest BCUT2D eigenvalue weighted by Crippen LogP contribution is -2.34. The molecular weight excluding hydrogens is 224 g/mol. The molecule has 0 bridgehead atoms. The second kappa shape index (κ2) is 6.14. The first kappa shape index (κ1) is 12.5. The highest BCUT2D eigenvalue weighted by molar-refractivity contribution is 6.31. The van der Waals surface area contributed by atoms with E-state index in [1.165, 1.54) is 0 Å². The summed E-state index contributed by atoms with van der Waals surface area (Å²) in [5, 5.41) is 11.9. The normalized spacial score (nSPS) is 11.6. The first-order valence-corrected chi connectivity index (χ1v) is 5.47. The smallest absolute Gasteiger partial charge is 0.225 e. The van der Waals surface area contributed by atoms with Gasteiger partial charge in [-0.25, -0.2) is 0 Å². The highest BCUT2D eigenvalue weighted by atomic mass is 35.5. The van der Waals surface area contributed by atoms with Gasteiger partial charge in [0.15, 0.2) is 0 Å². The minimum atomic E-state index is -0.421. The van der Waals surface area contributed by atoms with E-state index in [1.54, 1.807) is 12.1 Å². The SMILES string of the molecule is CCC(C#N)NC(=O)Cc1ccccc1Cl. The van der Waals surface area contributed by atoms with Crippen LogP contribution in [-0.2, 0) is 11.2 Å². The van der Waals surface area contributed by atoms with Gasteiger partial charge in [0.1, 0.15) is 6.04 Å². The fraction of sp³-hybridized carbons (Fsp3) is 0.333. The van der Waals surface area contributed by atoms with E-state index in [4.69, 9.17) is 16.9 Å². The van der Waals surface area contributed by atoms with Crippen LogP contribution in [0.25, 0.3) is 0 Å². The van der Waals surface area contributed by atoms with Gasteiger partial charge in [0.2, 0.25) is 5.91 Å². The van der Waals surface area contributed by atoms with Gasteiger partial charge in [-0.3, -0.25) is 4.79 Å². The van der Waals surface area contributed by atoms with Crippen LogP contribution in [0, 0.1) is 11.3 Å². The van der Waals surface area contributed by atoms with Gasteiger partial charge in [-0.2, -0.15) is 5.26 Å². The lowest BCUT2D eigenvalue weighted by Gasteiger charge is -2.09. The van der Waals surface area contributed by atoms with Gasteiger partial charge in [-0.1, -0.05) is 36.7 Å². The molecule has 1 atom stereocenters. The van der Waals surface area contributed by atoms with Crippen molar-refractivity contribution in [3.63, 3.8) is 0 Å². The predicted molar refractivity (Wildman–Crippen MR) is 63.0 cm³/mol. The monoisotopic (exact) mass is 236 g/mol. The molecule has 0 aliphatic heterocycles. The molecule has 1 rings (SSSR count). The number of benzene rings is 1. The van der Waals surface area contributed by atoms with E-state index >= 15 is 0 Å². The number of nitriles is 1. The number of hydrogen-bond donors (Lipinski definition) is 1. The minimum Gasteiger partial charge on any atom is -0.340 e. The molecule has 0 spiro atoms. The molecule has 0 heterocycles. The van der Waals surface area contributed by atoms with Gasteiger partial charge >= 0.3 is 0 Å². The maximum Gasteiger partial charge on any atom is 0.225 e. The number of nitrogens with one attached hydrogen (secondary N) is 1. The molecular formula is C12H13ClN2O. The van der Waals surface area contributed by atoms with E-state index < -0.39 is 6.04 Å². The minimum absolute atomic E-state index is 0.179. The Morgan fingerprint density at radius 1 is 1.56 bits per heavy atom. The van der Waals surface area contributed by atoms with E-state index in [0.717, 1.165) is 5.56 Å². The van der Waals surface area contributed by atoms with E-state index in [9.17, 15) is 4.79 Å². The van der Waals surface area contributed by atoms with Crippen molar-refractivity contribution in [3.8, 4) is 6.07 Å². The van der Waals surface area contributed by atoms with E-state index in [2.05, 4.69) is 5.32 Å². The molecule has 16 heavy (non-hydrogen) atoms. The van der Waals surface area contributed by atoms with Gasteiger partial charge in [-0.15, -0.1) is 0 Å². The van der Waals surface area contributed by atoms with Crippen LogP contribution in [0.5, 0.6) is 0 Å². The first-order chi connectivity index (χ1) is 7.67. The van der Waals surface area contributed by atoms with Crippen LogP contribution < -0.4 is 5.32 Å². The highest BCUT2D eigenvalue weighted by Crippen LogP contribution is 2.15. The van der Waals surface area contributed by atoms with E-state index in [1.807, 2.05) is 25.1 Å². The zero-order chi connectivity index (χ0) is 12.0. The fourth-order valence-electron chi connectivity index (χ4n) is 1.29. The molecule has 1 N–H and O–H groups in total. The number of halogens is 1. The Bertz CT molecular complexity index is 412. The standard InChI is InChI=1S/C12H13ClN2O/c1-2-10(8-14)15-12(16)7-9-5-3-4-6-11(9)13/h3-6,10H,2,7H2,1H3,(H,15,16). The number of hydrogen-bond acceptors (Lipinski definition) is 2. The van der Waals surface area contributed by atoms with Gasteiger partial charge in [0, 0.05) is 5.02 Å². The predicted octanol–water partition coefficient (Wildman–Crippen LogP) is 2.30. The summed E-state index contributed by atoms with van der Waals surface area (Å²) in [4.78, 5) is 11.6. The summed E-state index contributed by atoms with van der Waals surface area (Å²) in [7, 11) is 0. The molecule has 1 aromatic rings. The zero-order valence-electron chi connectivity index (χ0n) is 9.03. The Labute approximate surface area is 100 Å². The average Bonchev–Trinajstić information content (AvgIpc) is 2.29. The summed E-state index contributed by atoms with van der Waals surface area (Å²) < 4.78 is 0. The van der Waals surface area contributed by atoms with Gasteiger partial charge in [0.05, 0.1) is 12.5 Å². The molecule has 0 radical (unpaired) electrons. The van der Waals surface area contributed by atoms with Crippen LogP contribution >= 0.6 is 11.6 Å². The van der Waals surface area contributed by atoms with Crippen LogP contribution in [0.15, 0.2) is 24.3 Å². The molecule has 0 saturated carbocycles. The molecule has 84 valence electrons. The molecule has 0 aliphatic carbocycles. The number of carbonyl (C=O) groups is 1. The topological polar surface area (TPSA) is 52.9 Å². The maximum absolute atomic E-state index is 11.6. The quantitative estimate of drug-likeness (QED) is 0.872. The van der Waals surface area contributed by atoms with Crippen molar-refractivity contribution >= 4 is 17.5 Å². The molecule has 0 aromatic heterocycles. The largest absolute Gasteiger partial charge is 0.340 e. The van der Waals surface area contributed by atoms with Crippen molar-refractivity contribution < 1.29 is 4.79 Å². The summed E-state index contributed by atoms with van der Waals surface area (Å²) in [5.41, 5.74) is 0.773.